The molecule has 0 aliphatic carbocycles. The second-order valence-electron chi connectivity index (χ2n) is 7.56. The van der Waals surface area contributed by atoms with Crippen molar-refractivity contribution in [2.24, 2.45) is 0 Å². The number of amides is 2. The molecule has 2 amide bonds. The molecular formula is C23H20FN3O4S. The summed E-state index contributed by atoms with van der Waals surface area (Å²) >= 11 is 5.13. The van der Waals surface area contributed by atoms with Gasteiger partial charge in [-0.15, -0.1) is 0 Å². The molecule has 2 heterocycles. The van der Waals surface area contributed by atoms with Gasteiger partial charge in [-0.05, 0) is 80.0 Å². The lowest BCUT2D eigenvalue weighted by Crippen LogP contribution is -2.54. The maximum atomic E-state index is 14.8. The summed E-state index contributed by atoms with van der Waals surface area (Å²) in [5.41, 5.74) is 0.936. The highest BCUT2D eigenvalue weighted by molar-refractivity contribution is 7.80. The first-order valence-electron chi connectivity index (χ1n) is 10.1. The van der Waals surface area contributed by atoms with E-state index in [2.05, 4.69) is 10.2 Å². The highest BCUT2D eigenvalue weighted by Gasteiger charge is 2.34. The average Bonchev–Trinajstić information content (AvgIpc) is 2.78. The van der Waals surface area contributed by atoms with Crippen molar-refractivity contribution in [3.63, 3.8) is 0 Å². The summed E-state index contributed by atoms with van der Waals surface area (Å²) in [6.45, 7) is 1.74. The Labute approximate surface area is 189 Å². The molecule has 2 fully saturated rings. The Morgan fingerprint density at radius 1 is 1.03 bits per heavy atom. The van der Waals surface area contributed by atoms with Gasteiger partial charge in [-0.25, -0.2) is 9.18 Å². The maximum absolute atomic E-state index is 14.8. The number of halogens is 1. The summed E-state index contributed by atoms with van der Waals surface area (Å²) in [6.07, 6.45) is 4.49. The fraction of sp³-hybridized carbons (Fsp3) is 0.217. The van der Waals surface area contributed by atoms with Gasteiger partial charge >= 0.3 is 5.97 Å². The van der Waals surface area contributed by atoms with Crippen LogP contribution in [0.15, 0.2) is 48.0 Å². The number of rotatable bonds is 4. The Morgan fingerprint density at radius 3 is 2.31 bits per heavy atom. The maximum Gasteiger partial charge on any atom is 0.335 e. The van der Waals surface area contributed by atoms with Crippen LogP contribution in [0, 0.1) is 5.82 Å². The third-order valence-corrected chi connectivity index (χ3v) is 5.76. The van der Waals surface area contributed by atoms with Crippen LogP contribution < -0.4 is 15.1 Å². The number of nitrogens with one attached hydrogen (secondary N) is 1. The molecule has 9 heteroatoms. The molecular weight excluding hydrogens is 433 g/mol. The molecule has 164 valence electrons. The molecule has 4 rings (SSSR count). The number of hydrogen-bond donors (Lipinski definition) is 2. The number of thiocarbonyl (C=S) groups is 1. The van der Waals surface area contributed by atoms with Crippen LogP contribution >= 0.6 is 12.2 Å². The number of carbonyl (C=O) groups excluding carboxylic acids is 2. The fourth-order valence-electron chi connectivity index (χ4n) is 3.78. The Morgan fingerprint density at radius 2 is 1.69 bits per heavy atom. The minimum Gasteiger partial charge on any atom is -0.478 e. The topological polar surface area (TPSA) is 90.0 Å². The summed E-state index contributed by atoms with van der Waals surface area (Å²) < 4.78 is 14.8. The average molecular weight is 453 g/mol. The molecule has 0 radical (unpaired) electrons. The minimum absolute atomic E-state index is 0.0415. The van der Waals surface area contributed by atoms with Crippen molar-refractivity contribution < 1.29 is 23.9 Å². The first kappa shape index (κ1) is 21.6. The summed E-state index contributed by atoms with van der Waals surface area (Å²) in [5, 5.41) is 11.3. The second kappa shape index (κ2) is 8.88. The van der Waals surface area contributed by atoms with Crippen molar-refractivity contribution in [2.45, 2.75) is 19.3 Å². The van der Waals surface area contributed by atoms with Crippen molar-refractivity contribution >= 4 is 52.6 Å². The standard InChI is InChI=1S/C23H20FN3O4S/c24-19-13-17(26-10-2-1-3-11-26)9-6-15(19)12-18-20(28)25-23(32)27(21(18)29)16-7-4-14(5-8-16)22(30)31/h4-9,12-13H,1-3,10-11H2,(H,30,31)(H,25,28,32)/b18-12+. The molecule has 0 atom stereocenters. The Hall–Kier alpha value is -3.59. The van der Waals surface area contributed by atoms with Gasteiger partial charge < -0.3 is 10.0 Å². The molecule has 0 bridgehead atoms. The van der Waals surface area contributed by atoms with E-state index in [9.17, 15) is 18.8 Å². The number of benzene rings is 2. The lowest BCUT2D eigenvalue weighted by molar-refractivity contribution is -0.122. The molecule has 7 nitrogen and oxygen atoms in total. The molecule has 2 aromatic carbocycles. The summed E-state index contributed by atoms with van der Waals surface area (Å²) in [6, 6.07) is 10.2. The van der Waals surface area contributed by atoms with Gasteiger partial charge in [0.2, 0.25) is 0 Å². The van der Waals surface area contributed by atoms with E-state index in [0.717, 1.165) is 42.9 Å². The van der Waals surface area contributed by atoms with Gasteiger partial charge in [0.05, 0.1) is 11.3 Å². The number of carboxylic acid groups (broad SMARTS) is 1. The number of hydrogen-bond acceptors (Lipinski definition) is 5. The van der Waals surface area contributed by atoms with Gasteiger partial charge in [0.25, 0.3) is 11.8 Å². The first-order valence-corrected chi connectivity index (χ1v) is 10.6. The van der Waals surface area contributed by atoms with Crippen LogP contribution in [0.2, 0.25) is 0 Å². The number of carbonyl (C=O) groups is 3. The van der Waals surface area contributed by atoms with Gasteiger partial charge in [0.1, 0.15) is 11.4 Å². The van der Waals surface area contributed by atoms with Crippen molar-refractivity contribution in [2.75, 3.05) is 22.9 Å². The largest absolute Gasteiger partial charge is 0.478 e. The molecule has 2 aliphatic heterocycles. The van der Waals surface area contributed by atoms with Gasteiger partial charge in [0.15, 0.2) is 5.11 Å². The number of aromatic carboxylic acids is 1. The lowest BCUT2D eigenvalue weighted by atomic mass is 10.0. The molecule has 2 N–H and O–H groups in total. The number of carboxylic acids is 1. The smallest absolute Gasteiger partial charge is 0.335 e. The van der Waals surface area contributed by atoms with Crippen LogP contribution in [0.25, 0.3) is 6.08 Å². The van der Waals surface area contributed by atoms with E-state index in [1.807, 2.05) is 0 Å². The van der Waals surface area contributed by atoms with Gasteiger partial charge in [-0.1, -0.05) is 0 Å². The zero-order valence-corrected chi connectivity index (χ0v) is 17.8. The predicted molar refractivity (Wildman–Crippen MR) is 122 cm³/mol. The van der Waals surface area contributed by atoms with Crippen LogP contribution in [0.3, 0.4) is 0 Å². The SMILES string of the molecule is O=C1NC(=S)N(c2ccc(C(=O)O)cc2)C(=O)/C1=C/c1ccc(N2CCCCC2)cc1F. The van der Waals surface area contributed by atoms with Crippen LogP contribution in [0.1, 0.15) is 35.2 Å². The minimum atomic E-state index is -1.11. The van der Waals surface area contributed by atoms with E-state index in [0.29, 0.717) is 0 Å². The molecule has 0 spiro atoms. The van der Waals surface area contributed by atoms with Crippen LogP contribution in [-0.4, -0.2) is 41.1 Å². The van der Waals surface area contributed by atoms with Crippen molar-refractivity contribution in [3.05, 3.63) is 65.0 Å². The normalized spacial score (nSPS) is 18.2. The van der Waals surface area contributed by atoms with Crippen LogP contribution in [0.4, 0.5) is 15.8 Å². The lowest BCUT2D eigenvalue weighted by Gasteiger charge is -2.29. The highest BCUT2D eigenvalue weighted by atomic mass is 32.1. The van der Waals surface area contributed by atoms with E-state index >= 15 is 0 Å². The summed E-state index contributed by atoms with van der Waals surface area (Å²) in [4.78, 5) is 39.8. The molecule has 0 aromatic heterocycles. The third kappa shape index (κ3) is 4.24. The van der Waals surface area contributed by atoms with E-state index in [1.54, 1.807) is 12.1 Å². The Balaban J connectivity index is 1.63. The molecule has 0 unspecified atom stereocenters. The highest BCUT2D eigenvalue weighted by Crippen LogP contribution is 2.26. The Bertz CT molecular complexity index is 1140. The molecule has 0 saturated carbocycles. The zero-order valence-electron chi connectivity index (χ0n) is 17.0. The predicted octanol–water partition coefficient (Wildman–Crippen LogP) is 3.35. The third-order valence-electron chi connectivity index (χ3n) is 5.48. The van der Waals surface area contributed by atoms with Crippen molar-refractivity contribution in [1.82, 2.24) is 5.32 Å². The van der Waals surface area contributed by atoms with Gasteiger partial charge in [-0.3, -0.25) is 19.8 Å². The van der Waals surface area contributed by atoms with Gasteiger partial charge in [0, 0.05) is 24.3 Å². The van der Waals surface area contributed by atoms with E-state index in [1.165, 1.54) is 36.4 Å². The fourth-order valence-corrected chi connectivity index (χ4v) is 4.06. The van der Waals surface area contributed by atoms with Gasteiger partial charge in [-0.2, -0.15) is 0 Å². The number of nitrogens with zero attached hydrogens (tertiary/aromatic N) is 2. The first-order chi connectivity index (χ1) is 15.3. The Kier molecular flexibility index (Phi) is 6.00. The van der Waals surface area contributed by atoms with E-state index in [4.69, 9.17) is 17.3 Å². The zero-order chi connectivity index (χ0) is 22.8. The number of anilines is 2. The van der Waals surface area contributed by atoms with Crippen molar-refractivity contribution in [1.29, 1.82) is 0 Å². The summed E-state index contributed by atoms with van der Waals surface area (Å²) in [7, 11) is 0. The number of piperidine rings is 1. The molecule has 2 aliphatic rings. The van der Waals surface area contributed by atoms with Crippen molar-refractivity contribution in [3.8, 4) is 0 Å². The van der Waals surface area contributed by atoms with E-state index < -0.39 is 23.6 Å². The second-order valence-corrected chi connectivity index (χ2v) is 7.95. The molecule has 2 aromatic rings. The summed E-state index contributed by atoms with van der Waals surface area (Å²) in [5.74, 6) is -3.09. The van der Waals surface area contributed by atoms with Crippen LogP contribution in [0.5, 0.6) is 0 Å². The quantitative estimate of drug-likeness (QED) is 0.419. The molecule has 32 heavy (non-hydrogen) atoms. The van der Waals surface area contributed by atoms with Crippen LogP contribution in [-0.2, 0) is 9.59 Å². The monoisotopic (exact) mass is 453 g/mol. The van der Waals surface area contributed by atoms with E-state index in [-0.39, 0.29) is 27.5 Å². The molecule has 2 saturated heterocycles.